The second kappa shape index (κ2) is 6.78. The van der Waals surface area contributed by atoms with Gasteiger partial charge in [-0.2, -0.15) is 0 Å². The summed E-state index contributed by atoms with van der Waals surface area (Å²) in [5, 5.41) is 0.759. The highest BCUT2D eigenvalue weighted by Gasteiger charge is 2.21. The summed E-state index contributed by atoms with van der Waals surface area (Å²) in [6.45, 7) is 2.88. The molecule has 0 amide bonds. The van der Waals surface area contributed by atoms with Crippen LogP contribution in [-0.4, -0.2) is 33.0 Å². The predicted octanol–water partition coefficient (Wildman–Crippen LogP) is 2.30. The average molecular weight is 364 g/mol. The van der Waals surface area contributed by atoms with Gasteiger partial charge >= 0.3 is 0 Å². The lowest BCUT2D eigenvalue weighted by atomic mass is 10.2. The fraction of sp³-hybridized carbons (Fsp3) is 0.538. The third kappa shape index (κ3) is 3.65. The van der Waals surface area contributed by atoms with E-state index in [4.69, 9.17) is 9.47 Å². The van der Waals surface area contributed by atoms with E-state index in [1.165, 1.54) is 12.1 Å². The van der Waals surface area contributed by atoms with Crippen LogP contribution in [0.5, 0.6) is 11.5 Å². The van der Waals surface area contributed by atoms with Crippen molar-refractivity contribution in [2.24, 2.45) is 0 Å². The van der Waals surface area contributed by atoms with E-state index in [2.05, 4.69) is 20.7 Å². The zero-order valence-corrected chi connectivity index (χ0v) is 13.7. The largest absolute Gasteiger partial charge is 0.486 e. The van der Waals surface area contributed by atoms with E-state index in [1.54, 1.807) is 6.07 Å². The van der Waals surface area contributed by atoms with Crippen LogP contribution in [-0.2, 0) is 10.0 Å². The normalized spacial score (nSPS) is 15.9. The molecule has 0 aliphatic carbocycles. The number of rotatable bonds is 6. The second-order valence-corrected chi connectivity index (χ2v) is 7.02. The molecule has 7 heteroatoms. The van der Waals surface area contributed by atoms with E-state index in [9.17, 15) is 8.42 Å². The first-order chi connectivity index (χ1) is 9.56. The van der Waals surface area contributed by atoms with E-state index < -0.39 is 10.0 Å². The first-order valence-corrected chi connectivity index (χ1v) is 9.15. The van der Waals surface area contributed by atoms with E-state index in [0.29, 0.717) is 24.7 Å². The topological polar surface area (TPSA) is 64.6 Å². The molecule has 1 unspecified atom stereocenters. The third-order valence-electron chi connectivity index (χ3n) is 3.10. The minimum absolute atomic E-state index is 0.0763. The Bertz CT molecular complexity index is 561. The molecular formula is C13H18BrNO4S. The molecule has 1 aliphatic rings. The summed E-state index contributed by atoms with van der Waals surface area (Å²) in [4.78, 5) is 0.203. The molecule has 1 aromatic carbocycles. The van der Waals surface area contributed by atoms with Crippen molar-refractivity contribution in [2.45, 2.75) is 30.7 Å². The molecule has 1 heterocycles. The first-order valence-electron chi connectivity index (χ1n) is 6.54. The van der Waals surface area contributed by atoms with Crippen LogP contribution in [0.25, 0.3) is 0 Å². The van der Waals surface area contributed by atoms with Gasteiger partial charge in [0.15, 0.2) is 11.5 Å². The molecule has 0 fully saturated rings. The van der Waals surface area contributed by atoms with Gasteiger partial charge in [-0.05, 0) is 25.0 Å². The van der Waals surface area contributed by atoms with Crippen LogP contribution in [0.1, 0.15) is 19.8 Å². The molecule has 5 nitrogen and oxygen atoms in total. The van der Waals surface area contributed by atoms with Crippen molar-refractivity contribution in [1.82, 2.24) is 4.72 Å². The molecule has 2 rings (SSSR count). The van der Waals surface area contributed by atoms with Gasteiger partial charge in [0.05, 0.1) is 4.90 Å². The number of halogens is 1. The minimum Gasteiger partial charge on any atom is -0.486 e. The van der Waals surface area contributed by atoms with Crippen molar-refractivity contribution in [3.8, 4) is 11.5 Å². The molecule has 0 saturated heterocycles. The lowest BCUT2D eigenvalue weighted by Gasteiger charge is -2.20. The maximum absolute atomic E-state index is 12.3. The average Bonchev–Trinajstić information content (AvgIpc) is 2.46. The Kier molecular flexibility index (Phi) is 5.29. The summed E-state index contributed by atoms with van der Waals surface area (Å²) in [5.41, 5.74) is 0. The van der Waals surface area contributed by atoms with Gasteiger partial charge in [-0.25, -0.2) is 13.1 Å². The van der Waals surface area contributed by atoms with E-state index >= 15 is 0 Å². The quantitative estimate of drug-likeness (QED) is 0.787. The fourth-order valence-corrected chi connectivity index (χ4v) is 3.88. The molecule has 0 saturated carbocycles. The number of alkyl halides is 1. The molecule has 1 aliphatic heterocycles. The monoisotopic (exact) mass is 363 g/mol. The highest BCUT2D eigenvalue weighted by Crippen LogP contribution is 2.32. The van der Waals surface area contributed by atoms with E-state index in [0.717, 1.165) is 18.2 Å². The predicted molar refractivity (Wildman–Crippen MR) is 80.2 cm³/mol. The van der Waals surface area contributed by atoms with Gasteiger partial charge in [0, 0.05) is 17.4 Å². The maximum atomic E-state index is 12.3. The van der Waals surface area contributed by atoms with Gasteiger partial charge in [0.25, 0.3) is 0 Å². The third-order valence-corrected chi connectivity index (χ3v) is 5.07. The maximum Gasteiger partial charge on any atom is 0.240 e. The summed E-state index contributed by atoms with van der Waals surface area (Å²) in [6, 6.07) is 4.61. The van der Waals surface area contributed by atoms with Crippen LogP contribution in [0, 0.1) is 0 Å². The minimum atomic E-state index is -3.53. The van der Waals surface area contributed by atoms with Crippen molar-refractivity contribution in [2.75, 3.05) is 18.5 Å². The highest BCUT2D eigenvalue weighted by molar-refractivity contribution is 9.09. The zero-order chi connectivity index (χ0) is 14.6. The van der Waals surface area contributed by atoms with Crippen molar-refractivity contribution in [1.29, 1.82) is 0 Å². The molecule has 112 valence electrons. The summed E-state index contributed by atoms with van der Waals surface area (Å²) in [7, 11) is -3.53. The Balaban J connectivity index is 2.20. The van der Waals surface area contributed by atoms with Crippen LogP contribution in [0.15, 0.2) is 23.1 Å². The summed E-state index contributed by atoms with van der Waals surface area (Å²) in [5.74, 6) is 1.07. The van der Waals surface area contributed by atoms with Crippen molar-refractivity contribution in [3.63, 3.8) is 0 Å². The summed E-state index contributed by atoms with van der Waals surface area (Å²) >= 11 is 3.33. The van der Waals surface area contributed by atoms with Crippen molar-refractivity contribution in [3.05, 3.63) is 18.2 Å². The lowest BCUT2D eigenvalue weighted by Crippen LogP contribution is -2.34. The van der Waals surface area contributed by atoms with Crippen LogP contribution in [0.4, 0.5) is 0 Å². The smallest absolute Gasteiger partial charge is 0.240 e. The SMILES string of the molecule is CCC(CCBr)NS(=O)(=O)c1ccc2c(c1)OCCO2. The van der Waals surface area contributed by atoms with Crippen LogP contribution < -0.4 is 14.2 Å². The highest BCUT2D eigenvalue weighted by atomic mass is 79.9. The number of benzene rings is 1. The molecule has 0 radical (unpaired) electrons. The standard InChI is InChI=1S/C13H18BrNO4S/c1-2-10(5-6-14)15-20(16,17)11-3-4-12-13(9-11)19-8-7-18-12/h3-4,9-10,15H,2,5-8H2,1H3. The fourth-order valence-electron chi connectivity index (χ4n) is 1.96. The Morgan fingerprint density at radius 2 is 2.00 bits per heavy atom. The summed E-state index contributed by atoms with van der Waals surface area (Å²) in [6.07, 6.45) is 1.50. The molecule has 0 bridgehead atoms. The number of nitrogens with one attached hydrogen (secondary N) is 1. The van der Waals surface area contributed by atoms with Crippen molar-refractivity contribution < 1.29 is 17.9 Å². The lowest BCUT2D eigenvalue weighted by molar-refractivity contribution is 0.171. The molecule has 20 heavy (non-hydrogen) atoms. The Morgan fingerprint density at radius 1 is 1.30 bits per heavy atom. The second-order valence-electron chi connectivity index (χ2n) is 4.51. The van der Waals surface area contributed by atoms with Crippen LogP contribution in [0.2, 0.25) is 0 Å². The van der Waals surface area contributed by atoms with E-state index in [1.807, 2.05) is 6.92 Å². The Hall–Kier alpha value is -0.790. The summed E-state index contributed by atoms with van der Waals surface area (Å²) < 4.78 is 38.2. The number of sulfonamides is 1. The Morgan fingerprint density at radius 3 is 2.65 bits per heavy atom. The number of ether oxygens (including phenoxy) is 2. The van der Waals surface area contributed by atoms with Crippen molar-refractivity contribution >= 4 is 26.0 Å². The van der Waals surface area contributed by atoms with E-state index in [-0.39, 0.29) is 10.9 Å². The Labute approximate surface area is 127 Å². The molecule has 0 spiro atoms. The molecule has 1 aromatic rings. The first kappa shape index (κ1) is 15.6. The van der Waals surface area contributed by atoms with Gasteiger partial charge in [-0.1, -0.05) is 22.9 Å². The number of hydrogen-bond donors (Lipinski definition) is 1. The van der Waals surface area contributed by atoms with Gasteiger partial charge in [0.1, 0.15) is 13.2 Å². The van der Waals surface area contributed by atoms with Crippen LogP contribution >= 0.6 is 15.9 Å². The van der Waals surface area contributed by atoms with Gasteiger partial charge in [0.2, 0.25) is 10.0 Å². The van der Waals surface area contributed by atoms with Gasteiger partial charge < -0.3 is 9.47 Å². The molecular weight excluding hydrogens is 346 g/mol. The molecule has 1 atom stereocenters. The van der Waals surface area contributed by atoms with Gasteiger partial charge in [-0.3, -0.25) is 0 Å². The van der Waals surface area contributed by atoms with Gasteiger partial charge in [-0.15, -0.1) is 0 Å². The van der Waals surface area contributed by atoms with Crippen LogP contribution in [0.3, 0.4) is 0 Å². The number of hydrogen-bond acceptors (Lipinski definition) is 4. The molecule has 0 aromatic heterocycles. The number of fused-ring (bicyclic) bond motifs is 1. The molecule has 1 N–H and O–H groups in total. The zero-order valence-electron chi connectivity index (χ0n) is 11.3.